The average molecular weight is 611 g/mol. The van der Waals surface area contributed by atoms with Crippen LogP contribution in [0.4, 0.5) is 0 Å². The van der Waals surface area contributed by atoms with Gasteiger partial charge in [-0.15, -0.1) is 0 Å². The van der Waals surface area contributed by atoms with E-state index in [1.165, 1.54) is 21.5 Å². The van der Waals surface area contributed by atoms with E-state index in [1.807, 2.05) is 24.5 Å². The van der Waals surface area contributed by atoms with Crippen LogP contribution in [0.15, 0.2) is 158 Å². The van der Waals surface area contributed by atoms with Crippen LogP contribution in [-0.4, -0.2) is 19.9 Å². The summed E-state index contributed by atoms with van der Waals surface area (Å²) in [6.45, 7) is 0. The molecule has 0 saturated heterocycles. The van der Waals surface area contributed by atoms with Crippen LogP contribution in [0.25, 0.3) is 98.8 Å². The molecule has 10 rings (SSSR count). The second-order valence-electron chi connectivity index (χ2n) is 12.3. The molecule has 6 aromatic carbocycles. The Morgan fingerprint density at radius 3 is 1.42 bits per heavy atom. The van der Waals surface area contributed by atoms with E-state index in [9.17, 15) is 0 Å². The summed E-state index contributed by atoms with van der Waals surface area (Å²) in [5.74, 6) is 0. The van der Waals surface area contributed by atoms with Gasteiger partial charge >= 0.3 is 0 Å². The number of aromatic nitrogens is 4. The van der Waals surface area contributed by atoms with Gasteiger partial charge in [0.15, 0.2) is 0 Å². The Labute approximate surface area is 276 Å². The molecule has 48 heavy (non-hydrogen) atoms. The second kappa shape index (κ2) is 10.5. The molecule has 4 heteroatoms. The molecule has 222 valence electrons. The van der Waals surface area contributed by atoms with Gasteiger partial charge in [-0.25, -0.2) is 9.97 Å². The SMILES string of the molecule is c1ccc2c(c1)ccc1cc(-c3cc(-c4ccc5ccc6cccnc6c5n4)cc(-c4ccc5ccc6cccnc6c5n4)c3)ccc12. The maximum absolute atomic E-state index is 5.23. The van der Waals surface area contributed by atoms with Gasteiger partial charge in [-0.1, -0.05) is 97.1 Å². The van der Waals surface area contributed by atoms with E-state index >= 15 is 0 Å². The lowest BCUT2D eigenvalue weighted by molar-refractivity contribution is 1.36. The topological polar surface area (TPSA) is 51.6 Å². The Morgan fingerprint density at radius 2 is 0.771 bits per heavy atom. The number of nitrogens with zero attached hydrogens (tertiary/aromatic N) is 4. The number of pyridine rings is 4. The van der Waals surface area contributed by atoms with Crippen molar-refractivity contribution >= 4 is 65.2 Å². The van der Waals surface area contributed by atoms with E-state index in [0.717, 1.165) is 77.3 Å². The number of hydrogen-bond acceptors (Lipinski definition) is 4. The molecule has 10 aromatic rings. The minimum absolute atomic E-state index is 0.892. The molecular formula is C44H26N4. The summed E-state index contributed by atoms with van der Waals surface area (Å²) < 4.78 is 0. The van der Waals surface area contributed by atoms with Crippen LogP contribution >= 0.6 is 0 Å². The highest BCUT2D eigenvalue weighted by molar-refractivity contribution is 6.09. The molecule has 0 atom stereocenters. The fourth-order valence-corrected chi connectivity index (χ4v) is 7.05. The molecule has 0 aliphatic heterocycles. The molecule has 0 radical (unpaired) electrons. The van der Waals surface area contributed by atoms with Crippen LogP contribution in [0.3, 0.4) is 0 Å². The molecular weight excluding hydrogens is 585 g/mol. The predicted octanol–water partition coefficient (Wildman–Crippen LogP) is 11.2. The maximum atomic E-state index is 5.23. The summed E-state index contributed by atoms with van der Waals surface area (Å²) in [7, 11) is 0. The first-order valence-electron chi connectivity index (χ1n) is 16.1. The van der Waals surface area contributed by atoms with Crippen LogP contribution in [-0.2, 0) is 0 Å². The zero-order valence-electron chi connectivity index (χ0n) is 25.8. The highest BCUT2D eigenvalue weighted by atomic mass is 14.8. The van der Waals surface area contributed by atoms with E-state index in [2.05, 4.69) is 133 Å². The third-order valence-corrected chi connectivity index (χ3v) is 9.47. The molecule has 0 saturated carbocycles. The third kappa shape index (κ3) is 4.31. The Kier molecular flexibility index (Phi) is 5.84. The summed E-state index contributed by atoms with van der Waals surface area (Å²) in [4.78, 5) is 19.9. The van der Waals surface area contributed by atoms with E-state index in [-0.39, 0.29) is 0 Å². The minimum Gasteiger partial charge on any atom is -0.254 e. The first-order valence-corrected chi connectivity index (χ1v) is 16.1. The first kappa shape index (κ1) is 26.7. The number of rotatable bonds is 3. The van der Waals surface area contributed by atoms with E-state index < -0.39 is 0 Å². The molecule has 0 amide bonds. The van der Waals surface area contributed by atoms with E-state index in [4.69, 9.17) is 19.9 Å². The van der Waals surface area contributed by atoms with Crippen LogP contribution in [0.1, 0.15) is 0 Å². The molecule has 4 aromatic heterocycles. The van der Waals surface area contributed by atoms with Crippen molar-refractivity contribution < 1.29 is 0 Å². The van der Waals surface area contributed by atoms with Gasteiger partial charge in [-0.2, -0.15) is 0 Å². The van der Waals surface area contributed by atoms with Crippen LogP contribution in [0.2, 0.25) is 0 Å². The van der Waals surface area contributed by atoms with Gasteiger partial charge in [0.1, 0.15) is 0 Å². The molecule has 0 spiro atoms. The molecule has 4 heterocycles. The van der Waals surface area contributed by atoms with Crippen LogP contribution in [0.5, 0.6) is 0 Å². The molecule has 0 bridgehead atoms. The molecule has 4 nitrogen and oxygen atoms in total. The zero-order valence-corrected chi connectivity index (χ0v) is 25.8. The van der Waals surface area contributed by atoms with Crippen LogP contribution < -0.4 is 0 Å². The second-order valence-corrected chi connectivity index (χ2v) is 12.3. The van der Waals surface area contributed by atoms with Crippen molar-refractivity contribution in [2.45, 2.75) is 0 Å². The number of fused-ring (bicyclic) bond motifs is 9. The van der Waals surface area contributed by atoms with Gasteiger partial charge in [0.05, 0.1) is 33.5 Å². The quantitative estimate of drug-likeness (QED) is 0.187. The number of benzene rings is 6. The van der Waals surface area contributed by atoms with Gasteiger partial charge in [-0.05, 0) is 81.2 Å². The zero-order chi connectivity index (χ0) is 31.6. The summed E-state index contributed by atoms with van der Waals surface area (Å²) in [6, 6.07) is 51.5. The van der Waals surface area contributed by atoms with Gasteiger partial charge in [-0.3, -0.25) is 9.97 Å². The van der Waals surface area contributed by atoms with Crippen molar-refractivity contribution in [2.75, 3.05) is 0 Å². The van der Waals surface area contributed by atoms with Gasteiger partial charge in [0.25, 0.3) is 0 Å². The highest BCUT2D eigenvalue weighted by Gasteiger charge is 2.13. The third-order valence-electron chi connectivity index (χ3n) is 9.47. The predicted molar refractivity (Wildman–Crippen MR) is 199 cm³/mol. The van der Waals surface area contributed by atoms with Crippen molar-refractivity contribution in [1.29, 1.82) is 0 Å². The van der Waals surface area contributed by atoms with Gasteiger partial charge in [0.2, 0.25) is 0 Å². The standard InChI is InChI=1S/C44H26N4/c1-2-8-37-27(5-1)9-14-33-23-32(15-18-38(33)37)34-24-35(39-19-16-30-12-10-28-6-3-21-45-41(28)43(30)47-39)26-36(25-34)40-20-17-31-13-11-29-7-4-22-46-42(29)44(31)48-40/h1-26H. The van der Waals surface area contributed by atoms with Crippen molar-refractivity contribution in [3.63, 3.8) is 0 Å². The van der Waals surface area contributed by atoms with Crippen molar-refractivity contribution in [3.05, 3.63) is 158 Å². The minimum atomic E-state index is 0.892. The molecule has 0 N–H and O–H groups in total. The summed E-state index contributed by atoms with van der Waals surface area (Å²) in [5, 5.41) is 9.26. The fourth-order valence-electron chi connectivity index (χ4n) is 7.05. The van der Waals surface area contributed by atoms with E-state index in [0.29, 0.717) is 0 Å². The Bertz CT molecular complexity index is 2770. The molecule has 0 unspecified atom stereocenters. The van der Waals surface area contributed by atoms with Crippen molar-refractivity contribution in [3.8, 4) is 33.6 Å². The lowest BCUT2D eigenvalue weighted by Gasteiger charge is -2.13. The van der Waals surface area contributed by atoms with Gasteiger partial charge < -0.3 is 0 Å². The van der Waals surface area contributed by atoms with Crippen LogP contribution in [0, 0.1) is 0 Å². The Hall–Kier alpha value is -6.52. The average Bonchev–Trinajstić information content (AvgIpc) is 3.17. The lowest BCUT2D eigenvalue weighted by atomic mass is 9.93. The summed E-state index contributed by atoms with van der Waals surface area (Å²) in [5.41, 5.74) is 9.69. The van der Waals surface area contributed by atoms with E-state index in [1.54, 1.807) is 0 Å². The fraction of sp³-hybridized carbons (Fsp3) is 0. The summed E-state index contributed by atoms with van der Waals surface area (Å²) >= 11 is 0. The maximum Gasteiger partial charge on any atom is 0.0972 e. The molecule has 0 aliphatic carbocycles. The normalized spacial score (nSPS) is 11.8. The highest BCUT2D eigenvalue weighted by Crippen LogP contribution is 2.36. The largest absolute Gasteiger partial charge is 0.254 e. The van der Waals surface area contributed by atoms with Crippen molar-refractivity contribution in [1.82, 2.24) is 19.9 Å². The smallest absolute Gasteiger partial charge is 0.0972 e. The van der Waals surface area contributed by atoms with Gasteiger partial charge in [0, 0.05) is 45.1 Å². The van der Waals surface area contributed by atoms with Crippen molar-refractivity contribution in [2.24, 2.45) is 0 Å². The molecule has 0 fully saturated rings. The molecule has 0 aliphatic rings. The Morgan fingerprint density at radius 1 is 0.292 bits per heavy atom. The lowest BCUT2D eigenvalue weighted by Crippen LogP contribution is -1.93. The first-order chi connectivity index (χ1) is 23.7. The monoisotopic (exact) mass is 610 g/mol. The summed E-state index contributed by atoms with van der Waals surface area (Å²) in [6.07, 6.45) is 3.67. The Balaban J connectivity index is 1.21. The number of hydrogen-bond donors (Lipinski definition) is 0.